The number of rotatable bonds is 5. The second-order valence-electron chi connectivity index (χ2n) is 5.79. The number of amides is 1. The lowest BCUT2D eigenvalue weighted by molar-refractivity contribution is -0.120. The van der Waals surface area contributed by atoms with Crippen molar-refractivity contribution in [2.45, 2.75) is 38.6 Å². The second-order valence-corrected chi connectivity index (χ2v) is 5.79. The fraction of sp³-hybridized carbons (Fsp3) is 0.562. The number of methoxy groups -OCH3 is 1. The SMILES string of the molecule is COc1cccc(NC(C(N)=O)C2CCCC(C)C2)c1. The van der Waals surface area contributed by atoms with Gasteiger partial charge in [-0.1, -0.05) is 25.8 Å². The zero-order valence-corrected chi connectivity index (χ0v) is 12.3. The molecular formula is C16H24N2O2. The topological polar surface area (TPSA) is 64.3 Å². The fourth-order valence-corrected chi connectivity index (χ4v) is 3.10. The van der Waals surface area contributed by atoms with E-state index in [1.807, 2.05) is 24.3 Å². The number of carbonyl (C=O) groups is 1. The Kier molecular flexibility index (Phi) is 4.88. The number of primary amides is 1. The number of anilines is 1. The third-order valence-corrected chi connectivity index (χ3v) is 4.15. The van der Waals surface area contributed by atoms with Gasteiger partial charge in [0.15, 0.2) is 0 Å². The molecule has 4 nitrogen and oxygen atoms in total. The largest absolute Gasteiger partial charge is 0.497 e. The van der Waals surface area contributed by atoms with Crippen LogP contribution in [0.2, 0.25) is 0 Å². The summed E-state index contributed by atoms with van der Waals surface area (Å²) < 4.78 is 5.20. The Morgan fingerprint density at radius 3 is 2.90 bits per heavy atom. The maximum absolute atomic E-state index is 11.8. The number of nitrogens with one attached hydrogen (secondary N) is 1. The summed E-state index contributed by atoms with van der Waals surface area (Å²) in [6.45, 7) is 2.25. The first-order valence-corrected chi connectivity index (χ1v) is 7.30. The lowest BCUT2D eigenvalue weighted by atomic mass is 9.78. The first kappa shape index (κ1) is 14.7. The molecule has 1 aliphatic rings. The number of hydrogen-bond donors (Lipinski definition) is 2. The summed E-state index contributed by atoms with van der Waals surface area (Å²) >= 11 is 0. The van der Waals surface area contributed by atoms with E-state index in [1.54, 1.807) is 7.11 Å². The fourth-order valence-electron chi connectivity index (χ4n) is 3.10. The third-order valence-electron chi connectivity index (χ3n) is 4.15. The van der Waals surface area contributed by atoms with Crippen molar-refractivity contribution in [1.29, 1.82) is 0 Å². The molecule has 20 heavy (non-hydrogen) atoms. The molecule has 1 aliphatic carbocycles. The summed E-state index contributed by atoms with van der Waals surface area (Å²) in [6.07, 6.45) is 4.55. The minimum atomic E-state index is -0.301. The van der Waals surface area contributed by atoms with E-state index in [0.29, 0.717) is 11.8 Å². The summed E-state index contributed by atoms with van der Waals surface area (Å²) in [6, 6.07) is 7.31. The van der Waals surface area contributed by atoms with E-state index in [0.717, 1.165) is 24.3 Å². The van der Waals surface area contributed by atoms with E-state index in [4.69, 9.17) is 10.5 Å². The monoisotopic (exact) mass is 276 g/mol. The van der Waals surface area contributed by atoms with Crippen molar-refractivity contribution in [2.75, 3.05) is 12.4 Å². The van der Waals surface area contributed by atoms with Crippen LogP contribution >= 0.6 is 0 Å². The van der Waals surface area contributed by atoms with Crippen LogP contribution in [0.3, 0.4) is 0 Å². The first-order valence-electron chi connectivity index (χ1n) is 7.30. The molecule has 1 fully saturated rings. The van der Waals surface area contributed by atoms with Gasteiger partial charge in [-0.05, 0) is 36.8 Å². The normalized spacial score (nSPS) is 23.9. The van der Waals surface area contributed by atoms with Crippen LogP contribution in [-0.2, 0) is 4.79 Å². The predicted molar refractivity (Wildman–Crippen MR) is 80.7 cm³/mol. The number of hydrogen-bond acceptors (Lipinski definition) is 3. The van der Waals surface area contributed by atoms with E-state index in [-0.39, 0.29) is 11.9 Å². The Morgan fingerprint density at radius 1 is 1.45 bits per heavy atom. The number of carbonyl (C=O) groups excluding carboxylic acids is 1. The number of nitrogens with two attached hydrogens (primary N) is 1. The molecule has 4 heteroatoms. The van der Waals surface area contributed by atoms with Gasteiger partial charge in [-0.15, -0.1) is 0 Å². The van der Waals surface area contributed by atoms with Crippen molar-refractivity contribution < 1.29 is 9.53 Å². The molecule has 1 amide bonds. The standard InChI is InChI=1S/C16H24N2O2/c1-11-5-3-6-12(9-11)15(16(17)19)18-13-7-4-8-14(10-13)20-2/h4,7-8,10-12,15,18H,3,5-6,9H2,1-2H3,(H2,17,19). The molecule has 2 rings (SSSR count). The highest BCUT2D eigenvalue weighted by atomic mass is 16.5. The molecule has 1 aromatic rings. The maximum atomic E-state index is 11.8. The quantitative estimate of drug-likeness (QED) is 0.869. The minimum absolute atomic E-state index is 0.271. The predicted octanol–water partition coefficient (Wildman–Crippen LogP) is 2.79. The van der Waals surface area contributed by atoms with Crippen molar-refractivity contribution >= 4 is 11.6 Å². The van der Waals surface area contributed by atoms with E-state index in [2.05, 4.69) is 12.2 Å². The van der Waals surface area contributed by atoms with E-state index in [9.17, 15) is 4.79 Å². The maximum Gasteiger partial charge on any atom is 0.240 e. The molecule has 0 spiro atoms. The van der Waals surface area contributed by atoms with Crippen LogP contribution in [-0.4, -0.2) is 19.1 Å². The van der Waals surface area contributed by atoms with Crippen LogP contribution in [0.5, 0.6) is 5.75 Å². The zero-order chi connectivity index (χ0) is 14.5. The molecule has 110 valence electrons. The van der Waals surface area contributed by atoms with E-state index in [1.165, 1.54) is 12.8 Å². The van der Waals surface area contributed by atoms with Crippen LogP contribution in [0.25, 0.3) is 0 Å². The van der Waals surface area contributed by atoms with Gasteiger partial charge in [-0.2, -0.15) is 0 Å². The third kappa shape index (κ3) is 3.65. The molecular weight excluding hydrogens is 252 g/mol. The zero-order valence-electron chi connectivity index (χ0n) is 12.3. The van der Waals surface area contributed by atoms with Crippen molar-refractivity contribution in [2.24, 2.45) is 17.6 Å². The Morgan fingerprint density at radius 2 is 2.25 bits per heavy atom. The van der Waals surface area contributed by atoms with Gasteiger partial charge in [0.05, 0.1) is 7.11 Å². The second kappa shape index (κ2) is 6.64. The molecule has 3 atom stereocenters. The lowest BCUT2D eigenvalue weighted by Crippen LogP contribution is -2.43. The molecule has 0 aromatic heterocycles. The van der Waals surface area contributed by atoms with Gasteiger partial charge in [0.1, 0.15) is 11.8 Å². The Bertz CT molecular complexity index is 462. The Labute approximate surface area is 120 Å². The molecule has 0 saturated heterocycles. The smallest absolute Gasteiger partial charge is 0.240 e. The summed E-state index contributed by atoms with van der Waals surface area (Å²) in [5.74, 6) is 1.49. The van der Waals surface area contributed by atoms with Crippen molar-refractivity contribution in [3.05, 3.63) is 24.3 Å². The van der Waals surface area contributed by atoms with Gasteiger partial charge in [0.2, 0.25) is 5.91 Å². The van der Waals surface area contributed by atoms with Crippen LogP contribution in [0.15, 0.2) is 24.3 Å². The van der Waals surface area contributed by atoms with Crippen LogP contribution in [0.1, 0.15) is 32.6 Å². The van der Waals surface area contributed by atoms with Gasteiger partial charge >= 0.3 is 0 Å². The van der Waals surface area contributed by atoms with Crippen molar-refractivity contribution in [3.63, 3.8) is 0 Å². The van der Waals surface area contributed by atoms with E-state index < -0.39 is 0 Å². The average Bonchev–Trinajstić information content (AvgIpc) is 2.44. The molecule has 1 aromatic carbocycles. The molecule has 0 heterocycles. The molecule has 0 aliphatic heterocycles. The number of benzene rings is 1. The number of ether oxygens (including phenoxy) is 1. The van der Waals surface area contributed by atoms with Crippen LogP contribution in [0, 0.1) is 11.8 Å². The van der Waals surface area contributed by atoms with Crippen molar-refractivity contribution in [1.82, 2.24) is 0 Å². The van der Waals surface area contributed by atoms with Crippen LogP contribution < -0.4 is 15.8 Å². The molecule has 3 unspecified atom stereocenters. The molecule has 0 radical (unpaired) electrons. The molecule has 1 saturated carbocycles. The van der Waals surface area contributed by atoms with Gasteiger partial charge in [0, 0.05) is 11.8 Å². The highest BCUT2D eigenvalue weighted by molar-refractivity contribution is 5.83. The van der Waals surface area contributed by atoms with Crippen molar-refractivity contribution in [3.8, 4) is 5.75 Å². The molecule has 3 N–H and O–H groups in total. The summed E-state index contributed by atoms with van der Waals surface area (Å²) in [5, 5.41) is 3.29. The average molecular weight is 276 g/mol. The van der Waals surface area contributed by atoms with Gasteiger partial charge in [-0.3, -0.25) is 4.79 Å². The van der Waals surface area contributed by atoms with Gasteiger partial charge < -0.3 is 15.8 Å². The lowest BCUT2D eigenvalue weighted by Gasteiger charge is -2.32. The summed E-state index contributed by atoms with van der Waals surface area (Å²) in [4.78, 5) is 11.8. The van der Waals surface area contributed by atoms with Crippen LogP contribution in [0.4, 0.5) is 5.69 Å². The first-order chi connectivity index (χ1) is 9.60. The highest BCUT2D eigenvalue weighted by Crippen LogP contribution is 2.32. The van der Waals surface area contributed by atoms with Gasteiger partial charge in [-0.25, -0.2) is 0 Å². The Hall–Kier alpha value is -1.71. The molecule has 0 bridgehead atoms. The Balaban J connectivity index is 2.10. The summed E-state index contributed by atoms with van der Waals surface area (Å²) in [5.41, 5.74) is 6.48. The van der Waals surface area contributed by atoms with E-state index >= 15 is 0 Å². The van der Waals surface area contributed by atoms with Gasteiger partial charge in [0.25, 0.3) is 0 Å². The highest BCUT2D eigenvalue weighted by Gasteiger charge is 2.30. The summed E-state index contributed by atoms with van der Waals surface area (Å²) in [7, 11) is 1.63. The minimum Gasteiger partial charge on any atom is -0.497 e.